The highest BCUT2D eigenvalue weighted by molar-refractivity contribution is 7.99. The standard InChI is InChI=1S/C12H14N2OS/c1-9-3-2-4-10(7-9)11(13)8-16-12-14-5-6-15-12/h2-7,11H,8,13H2,1H3. The van der Waals surface area contributed by atoms with Crippen molar-refractivity contribution in [2.75, 3.05) is 5.75 Å². The minimum atomic E-state index is 0.0109. The summed E-state index contributed by atoms with van der Waals surface area (Å²) in [5.74, 6) is 0.768. The summed E-state index contributed by atoms with van der Waals surface area (Å²) in [6.45, 7) is 2.07. The largest absolute Gasteiger partial charge is 0.440 e. The molecule has 0 bridgehead atoms. The fourth-order valence-electron chi connectivity index (χ4n) is 1.44. The van der Waals surface area contributed by atoms with E-state index in [0.717, 1.165) is 11.3 Å². The summed E-state index contributed by atoms with van der Waals surface area (Å²) in [5, 5.41) is 0.670. The maximum Gasteiger partial charge on any atom is 0.255 e. The first-order valence-corrected chi connectivity index (χ1v) is 6.08. The lowest BCUT2D eigenvalue weighted by molar-refractivity contribution is 0.454. The molecule has 4 heteroatoms. The molecule has 0 aliphatic heterocycles. The summed E-state index contributed by atoms with van der Waals surface area (Å²) in [6, 6.07) is 8.27. The molecule has 2 N–H and O–H groups in total. The molecule has 0 saturated carbocycles. The minimum absolute atomic E-state index is 0.0109. The van der Waals surface area contributed by atoms with Gasteiger partial charge in [-0.3, -0.25) is 0 Å². The topological polar surface area (TPSA) is 52.0 Å². The number of benzene rings is 1. The molecule has 0 aliphatic rings. The summed E-state index contributed by atoms with van der Waals surface area (Å²) >= 11 is 1.53. The van der Waals surface area contributed by atoms with E-state index in [1.165, 1.54) is 17.3 Å². The minimum Gasteiger partial charge on any atom is -0.440 e. The molecule has 0 amide bonds. The maximum atomic E-state index is 6.09. The lowest BCUT2D eigenvalue weighted by atomic mass is 10.1. The van der Waals surface area contributed by atoms with E-state index < -0.39 is 0 Å². The number of hydrogen-bond acceptors (Lipinski definition) is 4. The Morgan fingerprint density at radius 1 is 1.50 bits per heavy atom. The number of nitrogens with zero attached hydrogens (tertiary/aromatic N) is 1. The van der Waals surface area contributed by atoms with Crippen molar-refractivity contribution in [3.63, 3.8) is 0 Å². The molecule has 2 rings (SSSR count). The van der Waals surface area contributed by atoms with Crippen LogP contribution in [0.2, 0.25) is 0 Å². The number of oxazole rings is 1. The zero-order valence-corrected chi connectivity index (χ0v) is 9.91. The molecule has 84 valence electrons. The average Bonchev–Trinajstić information content (AvgIpc) is 2.78. The Morgan fingerprint density at radius 2 is 2.38 bits per heavy atom. The van der Waals surface area contributed by atoms with Gasteiger partial charge in [0.1, 0.15) is 6.26 Å². The van der Waals surface area contributed by atoms with Crippen LogP contribution < -0.4 is 5.73 Å². The predicted octanol–water partition coefficient (Wildman–Crippen LogP) is 2.78. The highest BCUT2D eigenvalue weighted by Gasteiger charge is 2.08. The van der Waals surface area contributed by atoms with Crippen molar-refractivity contribution in [2.45, 2.75) is 18.2 Å². The fourth-order valence-corrected chi connectivity index (χ4v) is 2.21. The normalized spacial score (nSPS) is 12.6. The van der Waals surface area contributed by atoms with E-state index in [4.69, 9.17) is 10.2 Å². The SMILES string of the molecule is Cc1cccc(C(N)CSc2ncco2)c1. The van der Waals surface area contributed by atoms with Crippen LogP contribution in [0.5, 0.6) is 0 Å². The molecule has 1 unspecified atom stereocenters. The molecule has 3 nitrogen and oxygen atoms in total. The van der Waals surface area contributed by atoms with Gasteiger partial charge in [0.2, 0.25) is 0 Å². The molecular weight excluding hydrogens is 220 g/mol. The Hall–Kier alpha value is -1.26. The van der Waals surface area contributed by atoms with E-state index in [0.29, 0.717) is 5.22 Å². The monoisotopic (exact) mass is 234 g/mol. The Labute approximate surface area is 99.1 Å². The van der Waals surface area contributed by atoms with E-state index in [2.05, 4.69) is 24.0 Å². The number of nitrogens with two attached hydrogens (primary N) is 1. The van der Waals surface area contributed by atoms with Gasteiger partial charge >= 0.3 is 0 Å². The van der Waals surface area contributed by atoms with Gasteiger partial charge in [0.25, 0.3) is 5.22 Å². The Bertz CT molecular complexity index is 442. The molecule has 0 radical (unpaired) electrons. The second kappa shape index (κ2) is 5.18. The molecule has 1 atom stereocenters. The highest BCUT2D eigenvalue weighted by Crippen LogP contribution is 2.22. The Morgan fingerprint density at radius 3 is 3.06 bits per heavy atom. The second-order valence-electron chi connectivity index (χ2n) is 3.63. The van der Waals surface area contributed by atoms with Crippen LogP contribution >= 0.6 is 11.8 Å². The van der Waals surface area contributed by atoms with Gasteiger partial charge in [-0.05, 0) is 12.5 Å². The molecule has 0 saturated heterocycles. The van der Waals surface area contributed by atoms with Gasteiger partial charge in [-0.25, -0.2) is 4.98 Å². The van der Waals surface area contributed by atoms with E-state index in [-0.39, 0.29) is 6.04 Å². The third-order valence-corrected chi connectivity index (χ3v) is 3.24. The van der Waals surface area contributed by atoms with Crippen molar-refractivity contribution >= 4 is 11.8 Å². The third-order valence-electron chi connectivity index (χ3n) is 2.27. The lowest BCUT2D eigenvalue weighted by Crippen LogP contribution is -2.12. The first-order chi connectivity index (χ1) is 7.75. The van der Waals surface area contributed by atoms with Crippen LogP contribution in [0.3, 0.4) is 0 Å². The summed E-state index contributed by atoms with van der Waals surface area (Å²) in [5.41, 5.74) is 8.47. The van der Waals surface area contributed by atoms with Crippen LogP contribution in [0.1, 0.15) is 17.2 Å². The number of aryl methyl sites for hydroxylation is 1. The molecule has 2 aromatic rings. The summed E-state index contributed by atoms with van der Waals surface area (Å²) in [4.78, 5) is 4.04. The van der Waals surface area contributed by atoms with Crippen LogP contribution in [0.4, 0.5) is 0 Å². The second-order valence-corrected chi connectivity index (χ2v) is 4.60. The van der Waals surface area contributed by atoms with E-state index >= 15 is 0 Å². The van der Waals surface area contributed by atoms with Gasteiger partial charge in [0.05, 0.1) is 6.20 Å². The van der Waals surface area contributed by atoms with E-state index in [9.17, 15) is 0 Å². The Balaban J connectivity index is 1.95. The third kappa shape index (κ3) is 2.87. The van der Waals surface area contributed by atoms with Crippen LogP contribution in [-0.2, 0) is 0 Å². The van der Waals surface area contributed by atoms with Crippen LogP contribution in [-0.4, -0.2) is 10.7 Å². The van der Waals surface area contributed by atoms with Gasteiger partial charge < -0.3 is 10.2 Å². The van der Waals surface area contributed by atoms with E-state index in [1.54, 1.807) is 12.5 Å². The molecular formula is C12H14N2OS. The van der Waals surface area contributed by atoms with Crippen molar-refractivity contribution in [2.24, 2.45) is 5.73 Å². The van der Waals surface area contributed by atoms with Gasteiger partial charge in [-0.2, -0.15) is 0 Å². The molecule has 1 heterocycles. The highest BCUT2D eigenvalue weighted by atomic mass is 32.2. The maximum absolute atomic E-state index is 6.09. The molecule has 16 heavy (non-hydrogen) atoms. The number of thioether (sulfide) groups is 1. The van der Waals surface area contributed by atoms with Gasteiger partial charge in [-0.1, -0.05) is 41.6 Å². The van der Waals surface area contributed by atoms with Crippen molar-refractivity contribution in [1.29, 1.82) is 0 Å². The molecule has 0 spiro atoms. The number of aromatic nitrogens is 1. The lowest BCUT2D eigenvalue weighted by Gasteiger charge is -2.10. The predicted molar refractivity (Wildman–Crippen MR) is 65.3 cm³/mol. The zero-order valence-electron chi connectivity index (χ0n) is 9.09. The van der Waals surface area contributed by atoms with Crippen molar-refractivity contribution in [3.8, 4) is 0 Å². The summed E-state index contributed by atoms with van der Waals surface area (Å²) in [6.07, 6.45) is 3.21. The van der Waals surface area contributed by atoms with Gasteiger partial charge in [0, 0.05) is 11.8 Å². The van der Waals surface area contributed by atoms with Crippen molar-refractivity contribution in [1.82, 2.24) is 4.98 Å². The van der Waals surface area contributed by atoms with Gasteiger partial charge in [0.15, 0.2) is 0 Å². The fraction of sp³-hybridized carbons (Fsp3) is 0.250. The van der Waals surface area contributed by atoms with Gasteiger partial charge in [-0.15, -0.1) is 0 Å². The molecule has 0 aliphatic carbocycles. The summed E-state index contributed by atoms with van der Waals surface area (Å²) < 4.78 is 5.14. The quantitative estimate of drug-likeness (QED) is 0.826. The zero-order chi connectivity index (χ0) is 11.4. The number of rotatable bonds is 4. The Kier molecular flexibility index (Phi) is 3.64. The number of hydrogen-bond donors (Lipinski definition) is 1. The average molecular weight is 234 g/mol. The molecule has 0 fully saturated rings. The van der Waals surface area contributed by atoms with Crippen molar-refractivity contribution < 1.29 is 4.42 Å². The summed E-state index contributed by atoms with van der Waals surface area (Å²) in [7, 11) is 0. The van der Waals surface area contributed by atoms with Crippen LogP contribution in [0.15, 0.2) is 46.4 Å². The van der Waals surface area contributed by atoms with E-state index in [1.807, 2.05) is 12.1 Å². The molecule has 1 aromatic carbocycles. The van der Waals surface area contributed by atoms with Crippen molar-refractivity contribution in [3.05, 3.63) is 47.9 Å². The smallest absolute Gasteiger partial charge is 0.255 e. The van der Waals surface area contributed by atoms with Crippen LogP contribution in [0.25, 0.3) is 0 Å². The van der Waals surface area contributed by atoms with Crippen LogP contribution in [0, 0.1) is 6.92 Å². The first-order valence-electron chi connectivity index (χ1n) is 5.10. The first kappa shape index (κ1) is 11.2. The molecule has 1 aromatic heterocycles.